The lowest BCUT2D eigenvalue weighted by molar-refractivity contribution is -0.122. The molecule has 136 valence electrons. The van der Waals surface area contributed by atoms with Gasteiger partial charge in [-0.2, -0.15) is 0 Å². The van der Waals surface area contributed by atoms with E-state index in [9.17, 15) is 14.0 Å². The van der Waals surface area contributed by atoms with E-state index in [1.807, 2.05) is 26.8 Å². The van der Waals surface area contributed by atoms with Gasteiger partial charge in [0.2, 0.25) is 5.91 Å². The fourth-order valence-electron chi connectivity index (χ4n) is 2.68. The van der Waals surface area contributed by atoms with Crippen LogP contribution in [0.25, 0.3) is 0 Å². The van der Waals surface area contributed by atoms with Crippen molar-refractivity contribution in [2.24, 2.45) is 0 Å². The molecule has 0 saturated heterocycles. The lowest BCUT2D eigenvalue weighted by Gasteiger charge is -2.28. The number of benzene rings is 1. The molecule has 25 heavy (non-hydrogen) atoms. The predicted octanol–water partition coefficient (Wildman–Crippen LogP) is 2.85. The molecule has 1 aromatic carbocycles. The number of ether oxygens (including phenoxy) is 1. The Morgan fingerprint density at radius 3 is 2.84 bits per heavy atom. The summed E-state index contributed by atoms with van der Waals surface area (Å²) in [6.07, 6.45) is 1.82. The minimum absolute atomic E-state index is 0.0470. The van der Waals surface area contributed by atoms with Crippen molar-refractivity contribution in [3.63, 3.8) is 0 Å². The summed E-state index contributed by atoms with van der Waals surface area (Å²) in [6, 6.07) is 5.29. The summed E-state index contributed by atoms with van der Waals surface area (Å²) in [5, 5.41) is 2.79. The summed E-state index contributed by atoms with van der Waals surface area (Å²) in [6.45, 7) is 6.39. The minimum atomic E-state index is -0.156. The van der Waals surface area contributed by atoms with E-state index in [1.165, 1.54) is 0 Å². The van der Waals surface area contributed by atoms with Crippen molar-refractivity contribution in [3.05, 3.63) is 41.2 Å². The number of fused-ring (bicyclic) bond motifs is 1. The number of halogens is 1. The minimum Gasteiger partial charge on any atom is -0.489 e. The number of hydrogen-bond donors (Lipinski definition) is 1. The van der Waals surface area contributed by atoms with Crippen LogP contribution in [0.2, 0.25) is 0 Å². The third-order valence-electron chi connectivity index (χ3n) is 4.06. The number of amides is 2. The van der Waals surface area contributed by atoms with Gasteiger partial charge in [-0.3, -0.25) is 9.59 Å². The van der Waals surface area contributed by atoms with Crippen LogP contribution in [-0.2, 0) is 11.2 Å². The van der Waals surface area contributed by atoms with Gasteiger partial charge in [0.25, 0.3) is 5.91 Å². The molecular formula is C19H25FN2O3. The van der Waals surface area contributed by atoms with Gasteiger partial charge in [-0.1, -0.05) is 6.92 Å². The number of hydrogen-bond acceptors (Lipinski definition) is 3. The van der Waals surface area contributed by atoms with Gasteiger partial charge in [-0.15, -0.1) is 0 Å². The highest BCUT2D eigenvalue weighted by atomic mass is 19.1. The van der Waals surface area contributed by atoms with Crippen LogP contribution in [0, 0.1) is 0 Å². The molecule has 1 aromatic rings. The van der Waals surface area contributed by atoms with Gasteiger partial charge in [0.15, 0.2) is 0 Å². The fourth-order valence-corrected chi connectivity index (χ4v) is 2.68. The molecule has 5 nitrogen and oxygen atoms in total. The molecule has 1 heterocycles. The second kappa shape index (κ2) is 8.65. The zero-order chi connectivity index (χ0) is 18.4. The highest BCUT2D eigenvalue weighted by Crippen LogP contribution is 2.24. The van der Waals surface area contributed by atoms with E-state index in [0.717, 1.165) is 5.56 Å². The second-order valence-electron chi connectivity index (χ2n) is 6.43. The van der Waals surface area contributed by atoms with E-state index in [0.29, 0.717) is 42.6 Å². The van der Waals surface area contributed by atoms with E-state index >= 15 is 0 Å². The maximum Gasteiger partial charge on any atom is 0.254 e. The smallest absolute Gasteiger partial charge is 0.254 e. The van der Waals surface area contributed by atoms with Crippen molar-refractivity contribution in [3.8, 4) is 5.75 Å². The molecule has 0 radical (unpaired) electrons. The fraction of sp³-hybridized carbons (Fsp3) is 0.474. The van der Waals surface area contributed by atoms with Crippen LogP contribution in [0.1, 0.15) is 43.1 Å². The quantitative estimate of drug-likeness (QED) is 0.824. The maximum absolute atomic E-state index is 12.6. The van der Waals surface area contributed by atoms with E-state index in [4.69, 9.17) is 4.74 Å². The lowest BCUT2D eigenvalue weighted by Crippen LogP contribution is -2.45. The number of nitrogens with zero attached hydrogens (tertiary/aromatic N) is 1. The molecular weight excluding hydrogens is 323 g/mol. The molecule has 2 amide bonds. The summed E-state index contributed by atoms with van der Waals surface area (Å²) in [5.41, 5.74) is 2.06. The molecule has 0 saturated carbocycles. The molecule has 0 spiro atoms. The molecule has 0 bridgehead atoms. The molecule has 6 heteroatoms. The molecule has 0 atom stereocenters. The SMILES string of the molecule is CC/C(=C\F)COc1ccc2c(c1)CCN(CC(=O)NC(C)C)C2=O. The average molecular weight is 348 g/mol. The van der Waals surface area contributed by atoms with Gasteiger partial charge in [-0.05, 0) is 56.0 Å². The highest BCUT2D eigenvalue weighted by molar-refractivity contribution is 5.98. The lowest BCUT2D eigenvalue weighted by atomic mass is 9.98. The van der Waals surface area contributed by atoms with E-state index in [1.54, 1.807) is 17.0 Å². The predicted molar refractivity (Wildman–Crippen MR) is 94.3 cm³/mol. The van der Waals surface area contributed by atoms with Gasteiger partial charge in [-0.25, -0.2) is 4.39 Å². The third kappa shape index (κ3) is 5.05. The highest BCUT2D eigenvalue weighted by Gasteiger charge is 2.26. The zero-order valence-corrected chi connectivity index (χ0v) is 15.0. The molecule has 1 aliphatic rings. The third-order valence-corrected chi connectivity index (χ3v) is 4.06. The molecule has 2 rings (SSSR count). The first kappa shape index (κ1) is 19.0. The Hall–Kier alpha value is -2.37. The Balaban J connectivity index is 2.03. The van der Waals surface area contributed by atoms with Crippen molar-refractivity contribution in [2.45, 2.75) is 39.7 Å². The summed E-state index contributed by atoms with van der Waals surface area (Å²) in [4.78, 5) is 26.0. The number of carbonyl (C=O) groups is 2. The molecule has 1 aliphatic heterocycles. The molecule has 0 unspecified atom stereocenters. The summed E-state index contributed by atoms with van der Waals surface area (Å²) in [5.74, 6) is 0.312. The zero-order valence-electron chi connectivity index (χ0n) is 15.0. The normalized spacial score (nSPS) is 14.5. The van der Waals surface area contributed by atoms with E-state index in [2.05, 4.69) is 5.32 Å². The molecule has 0 aliphatic carbocycles. The van der Waals surface area contributed by atoms with Crippen LogP contribution >= 0.6 is 0 Å². The van der Waals surface area contributed by atoms with Crippen LogP contribution in [0.3, 0.4) is 0 Å². The van der Waals surface area contributed by atoms with Gasteiger partial charge in [0.05, 0.1) is 12.9 Å². The number of rotatable bonds is 7. The summed E-state index contributed by atoms with van der Waals surface area (Å²) < 4.78 is 18.2. The van der Waals surface area contributed by atoms with Crippen molar-refractivity contribution >= 4 is 11.8 Å². The van der Waals surface area contributed by atoms with Crippen LogP contribution in [0.5, 0.6) is 5.75 Å². The van der Waals surface area contributed by atoms with Crippen LogP contribution in [0.15, 0.2) is 30.1 Å². The topological polar surface area (TPSA) is 58.6 Å². The first-order valence-electron chi connectivity index (χ1n) is 8.57. The van der Waals surface area contributed by atoms with Gasteiger partial charge < -0.3 is 15.0 Å². The van der Waals surface area contributed by atoms with Crippen LogP contribution in [-0.4, -0.2) is 42.5 Å². The molecule has 1 N–H and O–H groups in total. The Kier molecular flexibility index (Phi) is 6.56. The Bertz CT molecular complexity index is 671. The van der Waals surface area contributed by atoms with Crippen molar-refractivity contribution in [1.29, 1.82) is 0 Å². The molecule has 0 fully saturated rings. The van der Waals surface area contributed by atoms with Crippen molar-refractivity contribution in [1.82, 2.24) is 10.2 Å². The number of nitrogens with one attached hydrogen (secondary N) is 1. The monoisotopic (exact) mass is 348 g/mol. The van der Waals surface area contributed by atoms with Gasteiger partial charge >= 0.3 is 0 Å². The summed E-state index contributed by atoms with van der Waals surface area (Å²) in [7, 11) is 0. The first-order valence-corrected chi connectivity index (χ1v) is 8.57. The Labute approximate surface area is 147 Å². The Morgan fingerprint density at radius 1 is 1.44 bits per heavy atom. The van der Waals surface area contributed by atoms with Crippen LogP contribution in [0.4, 0.5) is 4.39 Å². The molecule has 0 aromatic heterocycles. The average Bonchev–Trinajstić information content (AvgIpc) is 2.57. The van der Waals surface area contributed by atoms with Gasteiger partial charge in [0, 0.05) is 18.2 Å². The number of carbonyl (C=O) groups excluding carboxylic acids is 2. The maximum atomic E-state index is 12.6. The van der Waals surface area contributed by atoms with E-state index in [-0.39, 0.29) is 31.0 Å². The standard InChI is InChI=1S/C19H25FN2O3/c1-4-14(10-20)12-25-16-5-6-17-15(9-16)7-8-22(19(17)24)11-18(23)21-13(2)3/h5-6,9-10,13H,4,7-8,11-12H2,1-3H3,(H,21,23)/b14-10+. The van der Waals surface area contributed by atoms with Crippen molar-refractivity contribution in [2.75, 3.05) is 19.7 Å². The Morgan fingerprint density at radius 2 is 2.20 bits per heavy atom. The first-order chi connectivity index (χ1) is 11.9. The van der Waals surface area contributed by atoms with Crippen LogP contribution < -0.4 is 10.1 Å². The van der Waals surface area contributed by atoms with Crippen molar-refractivity contribution < 1.29 is 18.7 Å². The van der Waals surface area contributed by atoms with Gasteiger partial charge in [0.1, 0.15) is 12.4 Å². The second-order valence-corrected chi connectivity index (χ2v) is 6.43. The summed E-state index contributed by atoms with van der Waals surface area (Å²) >= 11 is 0. The van der Waals surface area contributed by atoms with E-state index < -0.39 is 0 Å². The largest absolute Gasteiger partial charge is 0.489 e.